The second kappa shape index (κ2) is 11.4. The van der Waals surface area contributed by atoms with Crippen LogP contribution in [0.1, 0.15) is 33.3 Å². The van der Waals surface area contributed by atoms with Crippen molar-refractivity contribution in [3.8, 4) is 0 Å². The van der Waals surface area contributed by atoms with Gasteiger partial charge in [0.05, 0.1) is 0 Å². The Morgan fingerprint density at radius 2 is 1.26 bits per heavy atom. The van der Waals surface area contributed by atoms with Gasteiger partial charge in [0.2, 0.25) is 0 Å². The Kier molecular flexibility index (Phi) is 9.23. The molecular weight excluding hydrogens is 523 g/mol. The molecule has 1 aliphatic heterocycles. The predicted molar refractivity (Wildman–Crippen MR) is 115 cm³/mol. The molecule has 170 valence electrons. The van der Waals surface area contributed by atoms with Crippen LogP contribution in [0.3, 0.4) is 0 Å². The van der Waals surface area contributed by atoms with Gasteiger partial charge in [-0.15, -0.1) is 0 Å². The quantitative estimate of drug-likeness (QED) is 0.287. The standard InChI is InChI=1S/C21H25IO9/c1-11(23)27-10-18-20(29-13(3)25)21(30-14(4)26)19(28-12(2)24)17(31-18)9-15-5-7-16(22)8-6-15/h5-8,17-21H,9-10H2,1-4H3/t17-,18-,19-,20-,21+/m1/s1. The molecule has 0 N–H and O–H groups in total. The molecule has 1 heterocycles. The van der Waals surface area contributed by atoms with Crippen LogP contribution in [0.25, 0.3) is 0 Å². The van der Waals surface area contributed by atoms with Gasteiger partial charge in [0, 0.05) is 37.7 Å². The second-order valence-electron chi connectivity index (χ2n) is 7.07. The first kappa shape index (κ1) is 25.1. The number of benzene rings is 1. The molecule has 0 bridgehead atoms. The first-order valence-electron chi connectivity index (χ1n) is 9.61. The molecule has 0 aliphatic carbocycles. The van der Waals surface area contributed by atoms with E-state index >= 15 is 0 Å². The lowest BCUT2D eigenvalue weighted by Gasteiger charge is -2.44. The van der Waals surface area contributed by atoms with Gasteiger partial charge < -0.3 is 23.7 Å². The lowest BCUT2D eigenvalue weighted by atomic mass is 9.91. The van der Waals surface area contributed by atoms with E-state index in [1.54, 1.807) is 0 Å². The van der Waals surface area contributed by atoms with Gasteiger partial charge >= 0.3 is 23.9 Å². The number of carbonyl (C=O) groups excluding carboxylic acids is 4. The van der Waals surface area contributed by atoms with Crippen LogP contribution in [0.5, 0.6) is 0 Å². The Morgan fingerprint density at radius 1 is 0.774 bits per heavy atom. The van der Waals surface area contributed by atoms with Crippen LogP contribution in [0, 0.1) is 3.57 Å². The highest BCUT2D eigenvalue weighted by Gasteiger charge is 2.51. The summed E-state index contributed by atoms with van der Waals surface area (Å²) in [5.74, 6) is -2.47. The smallest absolute Gasteiger partial charge is 0.303 e. The largest absolute Gasteiger partial charge is 0.463 e. The van der Waals surface area contributed by atoms with E-state index in [1.165, 1.54) is 27.7 Å². The van der Waals surface area contributed by atoms with E-state index < -0.39 is 54.4 Å². The summed E-state index contributed by atoms with van der Waals surface area (Å²) in [5, 5.41) is 0. The Bertz CT molecular complexity index is 808. The van der Waals surface area contributed by atoms with Gasteiger partial charge in [-0.3, -0.25) is 19.2 Å². The minimum Gasteiger partial charge on any atom is -0.463 e. The summed E-state index contributed by atoms with van der Waals surface area (Å²) < 4.78 is 28.4. The SMILES string of the molecule is CC(=O)OC[C@H]1O[C@H](Cc2ccc(I)cc2)[C@@H](OC(C)=O)[C@H](OC(C)=O)[C@@H]1OC(C)=O. The predicted octanol–water partition coefficient (Wildman–Crippen LogP) is 1.96. The van der Waals surface area contributed by atoms with E-state index in [1.807, 2.05) is 24.3 Å². The van der Waals surface area contributed by atoms with Crippen molar-refractivity contribution in [2.24, 2.45) is 0 Å². The minimum atomic E-state index is -1.14. The maximum atomic E-state index is 11.8. The molecule has 31 heavy (non-hydrogen) atoms. The van der Waals surface area contributed by atoms with Crippen molar-refractivity contribution < 1.29 is 42.9 Å². The number of ether oxygens (including phenoxy) is 5. The molecule has 10 heteroatoms. The highest BCUT2D eigenvalue weighted by Crippen LogP contribution is 2.31. The molecule has 9 nitrogen and oxygen atoms in total. The maximum absolute atomic E-state index is 11.8. The van der Waals surface area contributed by atoms with Gasteiger partial charge in [-0.2, -0.15) is 0 Å². The van der Waals surface area contributed by atoms with Crippen LogP contribution in [-0.4, -0.2) is 61.0 Å². The first-order valence-corrected chi connectivity index (χ1v) is 10.7. The number of esters is 4. The van der Waals surface area contributed by atoms with Crippen LogP contribution in [0.2, 0.25) is 0 Å². The molecule has 1 aliphatic rings. The van der Waals surface area contributed by atoms with Crippen LogP contribution >= 0.6 is 22.6 Å². The van der Waals surface area contributed by atoms with E-state index in [0.717, 1.165) is 9.13 Å². The van der Waals surface area contributed by atoms with Crippen molar-refractivity contribution in [3.63, 3.8) is 0 Å². The third-order valence-electron chi connectivity index (χ3n) is 4.44. The maximum Gasteiger partial charge on any atom is 0.303 e. The van der Waals surface area contributed by atoms with Crippen LogP contribution in [0.4, 0.5) is 0 Å². The Hall–Kier alpha value is -2.21. The second-order valence-corrected chi connectivity index (χ2v) is 8.31. The highest BCUT2D eigenvalue weighted by atomic mass is 127. The zero-order chi connectivity index (χ0) is 23.1. The molecule has 0 radical (unpaired) electrons. The van der Waals surface area contributed by atoms with E-state index in [0.29, 0.717) is 6.42 Å². The Morgan fingerprint density at radius 3 is 1.74 bits per heavy atom. The molecule has 1 fully saturated rings. The van der Waals surface area contributed by atoms with Crippen molar-refractivity contribution in [2.75, 3.05) is 6.61 Å². The van der Waals surface area contributed by atoms with E-state index in [9.17, 15) is 19.2 Å². The van der Waals surface area contributed by atoms with Gasteiger partial charge in [0.25, 0.3) is 0 Å². The Labute approximate surface area is 193 Å². The molecule has 0 aromatic heterocycles. The van der Waals surface area contributed by atoms with Gasteiger partial charge in [0.1, 0.15) is 18.8 Å². The summed E-state index contributed by atoms with van der Waals surface area (Å²) in [6.07, 6.45) is -4.70. The average molecular weight is 548 g/mol. The number of halogens is 1. The third-order valence-corrected chi connectivity index (χ3v) is 5.16. The van der Waals surface area contributed by atoms with Gasteiger partial charge in [0.15, 0.2) is 18.3 Å². The zero-order valence-electron chi connectivity index (χ0n) is 17.7. The fraction of sp³-hybridized carbons (Fsp3) is 0.524. The molecule has 1 aromatic carbocycles. The summed E-state index contributed by atoms with van der Waals surface area (Å²) in [5.41, 5.74) is 0.890. The van der Waals surface area contributed by atoms with Crippen molar-refractivity contribution in [2.45, 2.75) is 64.6 Å². The summed E-state index contributed by atoms with van der Waals surface area (Å²) in [4.78, 5) is 46.7. The normalized spacial score (nSPS) is 25.3. The molecule has 1 saturated heterocycles. The molecular formula is C21H25IO9. The van der Waals surface area contributed by atoms with Crippen molar-refractivity contribution in [3.05, 3.63) is 33.4 Å². The summed E-state index contributed by atoms with van der Waals surface area (Å²) in [6, 6.07) is 7.63. The van der Waals surface area contributed by atoms with Crippen LogP contribution in [0.15, 0.2) is 24.3 Å². The molecule has 0 amide bonds. The average Bonchev–Trinajstić information content (AvgIpc) is 2.65. The number of rotatable bonds is 7. The fourth-order valence-electron chi connectivity index (χ4n) is 3.34. The zero-order valence-corrected chi connectivity index (χ0v) is 19.8. The molecule has 5 atom stereocenters. The number of hydrogen-bond acceptors (Lipinski definition) is 9. The van der Waals surface area contributed by atoms with Crippen LogP contribution < -0.4 is 0 Å². The fourth-order valence-corrected chi connectivity index (χ4v) is 3.69. The van der Waals surface area contributed by atoms with E-state index in [4.69, 9.17) is 23.7 Å². The lowest BCUT2D eigenvalue weighted by Crippen LogP contribution is -2.62. The van der Waals surface area contributed by atoms with E-state index in [-0.39, 0.29) is 6.61 Å². The highest BCUT2D eigenvalue weighted by molar-refractivity contribution is 14.1. The third kappa shape index (κ3) is 7.76. The Balaban J connectivity index is 2.43. The van der Waals surface area contributed by atoms with Crippen molar-refractivity contribution in [1.29, 1.82) is 0 Å². The van der Waals surface area contributed by atoms with Gasteiger partial charge in [-0.05, 0) is 40.3 Å². The lowest BCUT2D eigenvalue weighted by molar-refractivity contribution is -0.252. The van der Waals surface area contributed by atoms with Gasteiger partial charge in [-0.25, -0.2) is 0 Å². The van der Waals surface area contributed by atoms with Crippen molar-refractivity contribution >= 4 is 46.5 Å². The number of hydrogen-bond donors (Lipinski definition) is 0. The first-order chi connectivity index (χ1) is 14.6. The molecule has 0 spiro atoms. The summed E-state index contributed by atoms with van der Waals surface area (Å²) >= 11 is 2.18. The van der Waals surface area contributed by atoms with Crippen LogP contribution in [-0.2, 0) is 49.3 Å². The molecule has 0 saturated carbocycles. The van der Waals surface area contributed by atoms with E-state index in [2.05, 4.69) is 22.6 Å². The summed E-state index contributed by atoms with van der Waals surface area (Å²) in [6.45, 7) is 4.60. The topological polar surface area (TPSA) is 114 Å². The van der Waals surface area contributed by atoms with Gasteiger partial charge in [-0.1, -0.05) is 12.1 Å². The minimum absolute atomic E-state index is 0.235. The van der Waals surface area contributed by atoms with Crippen molar-refractivity contribution in [1.82, 2.24) is 0 Å². The summed E-state index contributed by atoms with van der Waals surface area (Å²) in [7, 11) is 0. The molecule has 0 unspecified atom stereocenters. The molecule has 1 aromatic rings. The molecule has 2 rings (SSSR count). The number of carbonyl (C=O) groups is 4. The monoisotopic (exact) mass is 548 g/mol.